The molecule has 25 heavy (non-hydrogen) atoms. The molecule has 0 aromatic heterocycles. The van der Waals surface area contributed by atoms with Gasteiger partial charge in [-0.15, -0.1) is 0 Å². The molecular weight excluding hydrogens is 320 g/mol. The zero-order chi connectivity index (χ0) is 18.0. The third-order valence-corrected chi connectivity index (χ3v) is 5.44. The third-order valence-electron chi connectivity index (χ3n) is 5.44. The summed E-state index contributed by atoms with van der Waals surface area (Å²) in [5.41, 5.74) is 0.678. The lowest BCUT2D eigenvalue weighted by molar-refractivity contribution is -0.143. The van der Waals surface area contributed by atoms with E-state index >= 15 is 0 Å². The largest absolute Gasteiger partial charge is 0.481 e. The number of aliphatic carboxylic acids is 1. The summed E-state index contributed by atoms with van der Waals surface area (Å²) in [6, 6.07) is 9.60. The maximum Gasteiger partial charge on any atom is 0.303 e. The minimum atomic E-state index is -0.941. The van der Waals surface area contributed by atoms with Crippen LogP contribution in [0.15, 0.2) is 30.3 Å². The lowest BCUT2D eigenvalue weighted by Gasteiger charge is -2.42. The van der Waals surface area contributed by atoms with Gasteiger partial charge in [0.25, 0.3) is 5.91 Å². The van der Waals surface area contributed by atoms with Crippen molar-refractivity contribution in [3.8, 4) is 0 Å². The second-order valence-corrected chi connectivity index (χ2v) is 6.99. The van der Waals surface area contributed by atoms with E-state index < -0.39 is 5.97 Å². The average molecular weight is 344 g/mol. The smallest absolute Gasteiger partial charge is 0.303 e. The van der Waals surface area contributed by atoms with Gasteiger partial charge in [0.1, 0.15) is 0 Å². The van der Waals surface area contributed by atoms with Crippen LogP contribution < -0.4 is 0 Å². The quantitative estimate of drug-likeness (QED) is 0.888. The molecule has 2 aliphatic heterocycles. The number of hydrogen-bond donors (Lipinski definition) is 1. The minimum Gasteiger partial charge on any atom is -0.481 e. The number of carbonyl (C=O) groups excluding carboxylic acids is 2. The first-order valence-corrected chi connectivity index (χ1v) is 8.82. The summed E-state index contributed by atoms with van der Waals surface area (Å²) >= 11 is 0. The number of carboxylic acids is 1. The van der Waals surface area contributed by atoms with Gasteiger partial charge in [0, 0.05) is 37.2 Å². The lowest BCUT2D eigenvalue weighted by atomic mass is 9.95. The maximum absolute atomic E-state index is 12.7. The van der Waals surface area contributed by atoms with Crippen molar-refractivity contribution in [2.45, 2.75) is 56.7 Å². The topological polar surface area (TPSA) is 77.9 Å². The zero-order valence-electron chi connectivity index (χ0n) is 14.4. The highest BCUT2D eigenvalue weighted by atomic mass is 16.4. The van der Waals surface area contributed by atoms with E-state index in [1.54, 1.807) is 4.90 Å². The number of nitrogens with zero attached hydrogens (tertiary/aromatic N) is 2. The van der Waals surface area contributed by atoms with Crippen LogP contribution in [-0.4, -0.2) is 57.9 Å². The fraction of sp³-hybridized carbons (Fsp3) is 0.526. The Kier molecular flexibility index (Phi) is 5.06. The predicted octanol–water partition coefficient (Wildman–Crippen LogP) is 2.15. The van der Waals surface area contributed by atoms with E-state index in [0.717, 1.165) is 25.7 Å². The van der Waals surface area contributed by atoms with Crippen molar-refractivity contribution in [3.05, 3.63) is 35.9 Å². The minimum absolute atomic E-state index is 0.00986. The van der Waals surface area contributed by atoms with Gasteiger partial charge in [-0.2, -0.15) is 0 Å². The molecule has 0 aliphatic carbocycles. The molecule has 1 N–H and O–H groups in total. The summed E-state index contributed by atoms with van der Waals surface area (Å²) in [7, 11) is 1.83. The first kappa shape index (κ1) is 17.5. The van der Waals surface area contributed by atoms with Gasteiger partial charge >= 0.3 is 5.97 Å². The van der Waals surface area contributed by atoms with Gasteiger partial charge in [-0.25, -0.2) is 0 Å². The van der Waals surface area contributed by atoms with Gasteiger partial charge in [-0.3, -0.25) is 14.4 Å². The van der Waals surface area contributed by atoms with Gasteiger partial charge < -0.3 is 14.9 Å². The highest BCUT2D eigenvalue weighted by Gasteiger charge is 2.44. The monoisotopic (exact) mass is 344 g/mol. The fourth-order valence-corrected chi connectivity index (χ4v) is 4.16. The van der Waals surface area contributed by atoms with E-state index in [-0.39, 0.29) is 42.8 Å². The van der Waals surface area contributed by atoms with E-state index in [2.05, 4.69) is 0 Å². The van der Waals surface area contributed by atoms with E-state index in [9.17, 15) is 14.4 Å². The Hall–Kier alpha value is -2.37. The number of carbonyl (C=O) groups is 3. The molecule has 6 nitrogen and oxygen atoms in total. The number of piperidine rings is 1. The van der Waals surface area contributed by atoms with Crippen LogP contribution in [0.3, 0.4) is 0 Å². The molecule has 2 heterocycles. The summed E-state index contributed by atoms with van der Waals surface area (Å²) in [4.78, 5) is 39.4. The lowest BCUT2D eigenvalue weighted by Crippen LogP contribution is -2.52. The van der Waals surface area contributed by atoms with Crippen LogP contribution in [0.4, 0.5) is 0 Å². The number of fused-ring (bicyclic) bond motifs is 2. The van der Waals surface area contributed by atoms with Crippen molar-refractivity contribution < 1.29 is 19.5 Å². The summed E-state index contributed by atoms with van der Waals surface area (Å²) in [6.07, 6.45) is 3.35. The fourth-order valence-electron chi connectivity index (χ4n) is 4.16. The number of hydrogen-bond acceptors (Lipinski definition) is 3. The van der Waals surface area contributed by atoms with Crippen molar-refractivity contribution in [1.82, 2.24) is 9.80 Å². The van der Waals surface area contributed by atoms with E-state index in [4.69, 9.17) is 5.11 Å². The SMILES string of the molecule is CN(C(=O)c1ccccc1)C1CC2CCC(C1)N2C(=O)CCC(=O)O. The summed E-state index contributed by atoms with van der Waals surface area (Å²) < 4.78 is 0. The summed E-state index contributed by atoms with van der Waals surface area (Å²) in [5.74, 6) is -0.996. The Morgan fingerprint density at radius 2 is 1.68 bits per heavy atom. The summed E-state index contributed by atoms with van der Waals surface area (Å²) in [5, 5.41) is 8.78. The summed E-state index contributed by atoms with van der Waals surface area (Å²) in [6.45, 7) is 0. The van der Waals surface area contributed by atoms with E-state index in [1.165, 1.54) is 0 Å². The molecule has 2 saturated heterocycles. The van der Waals surface area contributed by atoms with Crippen LogP contribution in [0.25, 0.3) is 0 Å². The molecule has 2 unspecified atom stereocenters. The van der Waals surface area contributed by atoms with Crippen LogP contribution >= 0.6 is 0 Å². The van der Waals surface area contributed by atoms with E-state index in [0.29, 0.717) is 5.56 Å². The van der Waals surface area contributed by atoms with Crippen molar-refractivity contribution in [2.75, 3.05) is 7.05 Å². The molecule has 0 radical (unpaired) electrons. The molecule has 3 rings (SSSR count). The highest BCUT2D eigenvalue weighted by Crippen LogP contribution is 2.38. The number of carboxylic acid groups (broad SMARTS) is 1. The van der Waals surface area contributed by atoms with Gasteiger partial charge in [0.2, 0.25) is 5.91 Å². The standard InChI is InChI=1S/C19H24N2O4/c1-20(19(25)13-5-3-2-4-6-13)16-11-14-7-8-15(12-16)21(14)17(22)9-10-18(23)24/h2-6,14-16H,7-12H2,1H3,(H,23,24). The number of amides is 2. The average Bonchev–Trinajstić information content (AvgIpc) is 2.88. The Labute approximate surface area is 147 Å². The Balaban J connectivity index is 1.64. The predicted molar refractivity (Wildman–Crippen MR) is 92.1 cm³/mol. The van der Waals surface area contributed by atoms with Gasteiger partial charge in [0.15, 0.2) is 0 Å². The van der Waals surface area contributed by atoms with Crippen LogP contribution in [0, 0.1) is 0 Å². The zero-order valence-corrected chi connectivity index (χ0v) is 14.4. The molecule has 2 amide bonds. The molecule has 134 valence electrons. The van der Waals surface area contributed by atoms with Crippen molar-refractivity contribution in [1.29, 1.82) is 0 Å². The van der Waals surface area contributed by atoms with Gasteiger partial charge in [-0.1, -0.05) is 18.2 Å². The molecular formula is C19H24N2O4. The molecule has 2 aliphatic rings. The van der Waals surface area contributed by atoms with Crippen LogP contribution in [0.1, 0.15) is 48.9 Å². The number of benzene rings is 1. The molecule has 0 spiro atoms. The highest BCUT2D eigenvalue weighted by molar-refractivity contribution is 5.94. The van der Waals surface area contributed by atoms with E-state index in [1.807, 2.05) is 42.3 Å². The van der Waals surface area contributed by atoms with Crippen molar-refractivity contribution in [2.24, 2.45) is 0 Å². The molecule has 0 saturated carbocycles. The Morgan fingerprint density at radius 3 is 2.24 bits per heavy atom. The Bertz CT molecular complexity index is 647. The first-order valence-electron chi connectivity index (χ1n) is 8.82. The van der Waals surface area contributed by atoms with Crippen LogP contribution in [0.5, 0.6) is 0 Å². The van der Waals surface area contributed by atoms with Crippen LogP contribution in [-0.2, 0) is 9.59 Å². The maximum atomic E-state index is 12.7. The normalized spacial score (nSPS) is 24.8. The molecule has 1 aromatic carbocycles. The third kappa shape index (κ3) is 3.67. The van der Waals surface area contributed by atoms with Crippen LogP contribution in [0.2, 0.25) is 0 Å². The molecule has 2 atom stereocenters. The second kappa shape index (κ2) is 7.25. The number of rotatable bonds is 5. The molecule has 2 fully saturated rings. The van der Waals surface area contributed by atoms with Gasteiger partial charge in [0.05, 0.1) is 6.42 Å². The van der Waals surface area contributed by atoms with Gasteiger partial charge in [-0.05, 0) is 37.8 Å². The Morgan fingerprint density at radius 1 is 1.08 bits per heavy atom. The van der Waals surface area contributed by atoms with Crippen molar-refractivity contribution in [3.63, 3.8) is 0 Å². The molecule has 2 bridgehead atoms. The molecule has 1 aromatic rings. The molecule has 6 heteroatoms. The second-order valence-electron chi connectivity index (χ2n) is 6.99. The first-order chi connectivity index (χ1) is 12.0. The van der Waals surface area contributed by atoms with Crippen molar-refractivity contribution >= 4 is 17.8 Å².